The van der Waals surface area contributed by atoms with Gasteiger partial charge in [0, 0.05) is 31.7 Å². The molecule has 1 aromatic carbocycles. The van der Waals surface area contributed by atoms with Crippen LogP contribution in [0.15, 0.2) is 29.3 Å². The van der Waals surface area contributed by atoms with Crippen molar-refractivity contribution in [2.45, 2.75) is 51.9 Å². The Morgan fingerprint density at radius 2 is 1.85 bits per heavy atom. The maximum absolute atomic E-state index is 12.3. The summed E-state index contributed by atoms with van der Waals surface area (Å²) in [5.41, 5.74) is 2.55. The molecule has 4 nitrogen and oxygen atoms in total. The Morgan fingerprint density at radius 1 is 1.15 bits per heavy atom. The molecule has 0 radical (unpaired) electrons. The predicted octanol–water partition coefficient (Wildman–Crippen LogP) is 3.33. The average molecular weight is 370 g/mol. The minimum atomic E-state index is -4.16. The summed E-state index contributed by atoms with van der Waals surface area (Å²) in [7, 11) is 0. The van der Waals surface area contributed by atoms with E-state index < -0.39 is 12.6 Å². The van der Waals surface area contributed by atoms with Gasteiger partial charge in [-0.15, -0.1) is 0 Å². The summed E-state index contributed by atoms with van der Waals surface area (Å²) in [5.74, 6) is 0.433. The number of nitrogens with zero attached hydrogens (tertiary/aromatic N) is 2. The van der Waals surface area contributed by atoms with Crippen molar-refractivity contribution >= 4 is 5.96 Å². The van der Waals surface area contributed by atoms with Crippen molar-refractivity contribution < 1.29 is 13.2 Å². The van der Waals surface area contributed by atoms with Crippen LogP contribution in [0.3, 0.4) is 0 Å². The normalized spacial score (nSPS) is 16.3. The van der Waals surface area contributed by atoms with Gasteiger partial charge in [-0.1, -0.05) is 24.3 Å². The fraction of sp³-hybridized carbons (Fsp3) is 0.632. The molecule has 0 fully saturated rings. The first-order valence-electron chi connectivity index (χ1n) is 9.12. The molecule has 26 heavy (non-hydrogen) atoms. The average Bonchev–Trinajstić information content (AvgIpc) is 2.58. The number of rotatable bonds is 6. The van der Waals surface area contributed by atoms with E-state index >= 15 is 0 Å². The quantitative estimate of drug-likeness (QED) is 0.596. The fourth-order valence-electron chi connectivity index (χ4n) is 3.05. The van der Waals surface area contributed by atoms with Gasteiger partial charge >= 0.3 is 6.18 Å². The van der Waals surface area contributed by atoms with Crippen molar-refractivity contribution in [3.8, 4) is 0 Å². The molecule has 1 heterocycles. The van der Waals surface area contributed by atoms with Crippen LogP contribution in [0.4, 0.5) is 13.2 Å². The molecule has 1 aromatic rings. The van der Waals surface area contributed by atoms with E-state index in [9.17, 15) is 13.2 Å². The second-order valence-electron chi connectivity index (χ2n) is 7.24. The number of guanidine groups is 1. The molecule has 0 bridgehead atoms. The summed E-state index contributed by atoms with van der Waals surface area (Å²) in [6, 6.07) is 8.45. The van der Waals surface area contributed by atoms with Crippen LogP contribution in [0.5, 0.6) is 0 Å². The molecule has 146 valence electrons. The van der Waals surface area contributed by atoms with Crippen molar-refractivity contribution in [2.24, 2.45) is 4.99 Å². The monoisotopic (exact) mass is 370 g/mol. The number of halogens is 3. The molecular weight excluding hydrogens is 341 g/mol. The zero-order chi connectivity index (χ0) is 19.2. The summed E-state index contributed by atoms with van der Waals surface area (Å²) in [4.78, 5) is 6.91. The summed E-state index contributed by atoms with van der Waals surface area (Å²) < 4.78 is 37.0. The van der Waals surface area contributed by atoms with Gasteiger partial charge in [0.25, 0.3) is 0 Å². The van der Waals surface area contributed by atoms with Crippen molar-refractivity contribution in [3.63, 3.8) is 0 Å². The Bertz CT molecular complexity index is 611. The SMILES string of the molecule is CCNC(=NCC(C)(C)N1CCc2ccccc2C1)NCCC(F)(F)F. The number of alkyl halides is 3. The topological polar surface area (TPSA) is 39.7 Å². The van der Waals surface area contributed by atoms with Gasteiger partial charge in [-0.3, -0.25) is 9.89 Å². The largest absolute Gasteiger partial charge is 0.390 e. The van der Waals surface area contributed by atoms with Crippen molar-refractivity contribution in [1.82, 2.24) is 15.5 Å². The van der Waals surface area contributed by atoms with Crippen LogP contribution >= 0.6 is 0 Å². The molecule has 7 heteroatoms. The maximum atomic E-state index is 12.3. The maximum Gasteiger partial charge on any atom is 0.390 e. The molecule has 0 aromatic heterocycles. The van der Waals surface area contributed by atoms with Gasteiger partial charge in [0.15, 0.2) is 5.96 Å². The van der Waals surface area contributed by atoms with Gasteiger partial charge < -0.3 is 10.6 Å². The van der Waals surface area contributed by atoms with Gasteiger partial charge in [-0.25, -0.2) is 0 Å². The second-order valence-corrected chi connectivity index (χ2v) is 7.24. The standard InChI is InChI=1S/C19H29F3N4/c1-4-23-17(24-11-10-19(20,21)22)25-14-18(2,3)26-12-9-15-7-5-6-8-16(15)13-26/h5-8H,4,9-14H2,1-3H3,(H2,23,24,25). The van der Waals surface area contributed by atoms with Crippen LogP contribution in [-0.4, -0.2) is 48.8 Å². The summed E-state index contributed by atoms with van der Waals surface area (Å²) in [5, 5.41) is 5.78. The summed E-state index contributed by atoms with van der Waals surface area (Å²) in [6.07, 6.45) is -4.03. The highest BCUT2D eigenvalue weighted by molar-refractivity contribution is 5.79. The highest BCUT2D eigenvalue weighted by Gasteiger charge is 2.30. The number of nitrogens with one attached hydrogen (secondary N) is 2. The number of hydrogen-bond acceptors (Lipinski definition) is 2. The highest BCUT2D eigenvalue weighted by atomic mass is 19.4. The lowest BCUT2D eigenvalue weighted by molar-refractivity contribution is -0.132. The number of benzene rings is 1. The number of aliphatic imine (C=N–C) groups is 1. The minimum Gasteiger partial charge on any atom is -0.357 e. The zero-order valence-electron chi connectivity index (χ0n) is 15.8. The lowest BCUT2D eigenvalue weighted by Gasteiger charge is -2.40. The molecule has 0 amide bonds. The van der Waals surface area contributed by atoms with E-state index in [2.05, 4.69) is 58.6 Å². The van der Waals surface area contributed by atoms with Gasteiger partial charge in [0.1, 0.15) is 0 Å². The Balaban J connectivity index is 1.96. The lowest BCUT2D eigenvalue weighted by atomic mass is 9.94. The van der Waals surface area contributed by atoms with Crippen LogP contribution in [0.25, 0.3) is 0 Å². The van der Waals surface area contributed by atoms with Crippen LogP contribution in [0.1, 0.15) is 38.3 Å². The summed E-state index contributed by atoms with van der Waals surface area (Å²) in [6.45, 7) is 8.92. The molecule has 0 atom stereocenters. The third kappa shape index (κ3) is 6.20. The number of hydrogen-bond donors (Lipinski definition) is 2. The van der Waals surface area contributed by atoms with Crippen molar-refractivity contribution in [3.05, 3.63) is 35.4 Å². The first-order valence-corrected chi connectivity index (χ1v) is 9.12. The Labute approximate surface area is 153 Å². The molecule has 0 aliphatic carbocycles. The first-order chi connectivity index (χ1) is 12.2. The van der Waals surface area contributed by atoms with Crippen molar-refractivity contribution in [1.29, 1.82) is 0 Å². The van der Waals surface area contributed by atoms with E-state index in [1.807, 2.05) is 6.92 Å². The molecule has 1 aliphatic rings. The van der Waals surface area contributed by atoms with Crippen LogP contribution < -0.4 is 10.6 Å². The van der Waals surface area contributed by atoms with Crippen LogP contribution in [-0.2, 0) is 13.0 Å². The van der Waals surface area contributed by atoms with Gasteiger partial charge in [-0.2, -0.15) is 13.2 Å². The van der Waals surface area contributed by atoms with E-state index in [1.54, 1.807) is 0 Å². The third-order valence-electron chi connectivity index (χ3n) is 4.66. The summed E-state index contributed by atoms with van der Waals surface area (Å²) >= 11 is 0. The molecule has 0 saturated heterocycles. The second kappa shape index (κ2) is 8.75. The first kappa shape index (κ1) is 20.6. The van der Waals surface area contributed by atoms with Gasteiger partial charge in [0.2, 0.25) is 0 Å². The van der Waals surface area contributed by atoms with E-state index in [-0.39, 0.29) is 12.1 Å². The van der Waals surface area contributed by atoms with Crippen molar-refractivity contribution in [2.75, 3.05) is 26.2 Å². The smallest absolute Gasteiger partial charge is 0.357 e. The van der Waals surface area contributed by atoms with E-state index in [0.717, 1.165) is 19.5 Å². The van der Waals surface area contributed by atoms with E-state index in [0.29, 0.717) is 19.0 Å². The Hall–Kier alpha value is -1.76. The van der Waals surface area contributed by atoms with E-state index in [1.165, 1.54) is 11.1 Å². The molecule has 0 unspecified atom stereocenters. The Morgan fingerprint density at radius 3 is 2.50 bits per heavy atom. The molecule has 1 aliphatic heterocycles. The van der Waals surface area contributed by atoms with Crippen LogP contribution in [0, 0.1) is 0 Å². The highest BCUT2D eigenvalue weighted by Crippen LogP contribution is 2.25. The molecule has 0 spiro atoms. The van der Waals surface area contributed by atoms with E-state index in [4.69, 9.17) is 0 Å². The molecular formula is C19H29F3N4. The Kier molecular flexibility index (Phi) is 6.92. The lowest BCUT2D eigenvalue weighted by Crippen LogP contribution is -2.49. The minimum absolute atomic E-state index is 0.174. The van der Waals surface area contributed by atoms with Gasteiger partial charge in [-0.05, 0) is 38.3 Å². The molecule has 2 N–H and O–H groups in total. The van der Waals surface area contributed by atoms with Gasteiger partial charge in [0.05, 0.1) is 13.0 Å². The zero-order valence-corrected chi connectivity index (χ0v) is 15.8. The molecule has 2 rings (SSSR count). The number of fused-ring (bicyclic) bond motifs is 1. The fourth-order valence-corrected chi connectivity index (χ4v) is 3.05. The predicted molar refractivity (Wildman–Crippen MR) is 99.3 cm³/mol. The third-order valence-corrected chi connectivity index (χ3v) is 4.66. The van der Waals surface area contributed by atoms with Crippen LogP contribution in [0.2, 0.25) is 0 Å². The molecule has 0 saturated carbocycles.